The molecule has 0 N–H and O–H groups in total. The number of methoxy groups -OCH3 is 1. The molecule has 2 atom stereocenters. The lowest BCUT2D eigenvalue weighted by Gasteiger charge is -2.56. The molecule has 3 aliphatic rings. The first-order valence-electron chi connectivity index (χ1n) is 13.5. The van der Waals surface area contributed by atoms with Gasteiger partial charge < -0.3 is 14.4 Å². The number of piperidine rings is 1. The van der Waals surface area contributed by atoms with Crippen LogP contribution in [0.1, 0.15) is 24.0 Å². The summed E-state index contributed by atoms with van der Waals surface area (Å²) in [6.07, 6.45) is 9.73. The highest BCUT2D eigenvalue weighted by Gasteiger charge is 2.44. The quantitative estimate of drug-likeness (QED) is 0.261. The third kappa shape index (κ3) is 5.68. The fraction of sp³-hybridized carbons (Fsp3) is 0.379. The third-order valence-electron chi connectivity index (χ3n) is 7.73. The molecule has 0 aliphatic carbocycles. The number of sulfone groups is 1. The SMILES string of the molecule is COc1ccc(CN2C3CC2CN(c2ccc(-c4cc(OCCCS(C)(=O)=O)cn5ncc(C#N)c45)cn2)C3)cn1. The molecule has 0 radical (unpaired) electrons. The highest BCUT2D eigenvalue weighted by Crippen LogP contribution is 2.36. The lowest BCUT2D eigenvalue weighted by atomic mass is 9.87. The van der Waals surface area contributed by atoms with Crippen LogP contribution in [-0.2, 0) is 16.4 Å². The van der Waals surface area contributed by atoms with E-state index in [9.17, 15) is 13.7 Å². The molecule has 0 saturated carbocycles. The maximum absolute atomic E-state index is 11.4. The van der Waals surface area contributed by atoms with E-state index < -0.39 is 9.84 Å². The number of nitriles is 1. The van der Waals surface area contributed by atoms with E-state index in [0.717, 1.165) is 36.6 Å². The van der Waals surface area contributed by atoms with Gasteiger partial charge in [0.1, 0.15) is 27.5 Å². The zero-order chi connectivity index (χ0) is 28.6. The Labute approximate surface area is 238 Å². The minimum Gasteiger partial charge on any atom is -0.492 e. The number of pyridine rings is 3. The minimum atomic E-state index is -3.05. The van der Waals surface area contributed by atoms with Gasteiger partial charge in [0, 0.05) is 67.6 Å². The molecule has 12 heteroatoms. The van der Waals surface area contributed by atoms with Gasteiger partial charge in [-0.05, 0) is 36.6 Å². The normalized spacial score (nSPS) is 18.6. The van der Waals surface area contributed by atoms with Crippen molar-refractivity contribution in [2.45, 2.75) is 31.5 Å². The molecular formula is C29H31N7O4S. The summed E-state index contributed by atoms with van der Waals surface area (Å²) in [6, 6.07) is 13.0. The first kappa shape index (κ1) is 27.0. The van der Waals surface area contributed by atoms with Crippen molar-refractivity contribution in [1.29, 1.82) is 5.26 Å². The highest BCUT2D eigenvalue weighted by molar-refractivity contribution is 7.90. The van der Waals surface area contributed by atoms with Crippen LogP contribution in [-0.4, -0.2) is 83.8 Å². The predicted molar refractivity (Wildman–Crippen MR) is 154 cm³/mol. The van der Waals surface area contributed by atoms with E-state index in [-0.39, 0.29) is 12.4 Å². The van der Waals surface area contributed by atoms with E-state index in [4.69, 9.17) is 14.5 Å². The summed E-state index contributed by atoms with van der Waals surface area (Å²) >= 11 is 0. The Kier molecular flexibility index (Phi) is 7.23. The average molecular weight is 574 g/mol. The summed E-state index contributed by atoms with van der Waals surface area (Å²) in [6.45, 7) is 2.95. The lowest BCUT2D eigenvalue weighted by molar-refractivity contribution is -0.00876. The number of piperazine rings is 1. The van der Waals surface area contributed by atoms with Crippen LogP contribution < -0.4 is 14.4 Å². The van der Waals surface area contributed by atoms with Gasteiger partial charge >= 0.3 is 0 Å². The van der Waals surface area contributed by atoms with E-state index in [1.165, 1.54) is 24.4 Å². The first-order chi connectivity index (χ1) is 19.8. The van der Waals surface area contributed by atoms with Crippen LogP contribution in [0.25, 0.3) is 16.6 Å². The minimum absolute atomic E-state index is 0.0580. The lowest BCUT2D eigenvalue weighted by Crippen LogP contribution is -2.68. The number of aromatic nitrogens is 4. The van der Waals surface area contributed by atoms with Crippen LogP contribution in [0.2, 0.25) is 0 Å². The van der Waals surface area contributed by atoms with Crippen molar-refractivity contribution < 1.29 is 17.9 Å². The maximum Gasteiger partial charge on any atom is 0.212 e. The smallest absolute Gasteiger partial charge is 0.212 e. The topological polar surface area (TPSA) is 126 Å². The first-order valence-corrected chi connectivity index (χ1v) is 15.6. The molecule has 2 unspecified atom stereocenters. The summed E-state index contributed by atoms with van der Waals surface area (Å²) in [5.41, 5.74) is 3.93. The van der Waals surface area contributed by atoms with Crippen molar-refractivity contribution >= 4 is 21.2 Å². The molecule has 3 aliphatic heterocycles. The van der Waals surface area contributed by atoms with Gasteiger partial charge in [-0.25, -0.2) is 22.9 Å². The predicted octanol–water partition coefficient (Wildman–Crippen LogP) is 2.95. The van der Waals surface area contributed by atoms with Crippen molar-refractivity contribution in [2.75, 3.05) is 43.7 Å². The van der Waals surface area contributed by atoms with Crippen molar-refractivity contribution in [3.05, 3.63) is 66.2 Å². The molecule has 0 aromatic carbocycles. The molecule has 7 heterocycles. The second kappa shape index (κ2) is 11.0. The molecule has 4 aromatic heterocycles. The molecule has 4 aromatic rings. The largest absolute Gasteiger partial charge is 0.492 e. The van der Waals surface area contributed by atoms with E-state index in [2.05, 4.69) is 32.0 Å². The van der Waals surface area contributed by atoms with Crippen molar-refractivity contribution in [3.63, 3.8) is 0 Å². The molecule has 3 saturated heterocycles. The van der Waals surface area contributed by atoms with E-state index >= 15 is 0 Å². The molecule has 0 spiro atoms. The van der Waals surface area contributed by atoms with Crippen LogP contribution >= 0.6 is 0 Å². The van der Waals surface area contributed by atoms with Crippen LogP contribution in [0, 0.1) is 11.3 Å². The van der Waals surface area contributed by atoms with Crippen molar-refractivity contribution in [2.24, 2.45) is 0 Å². The number of fused-ring (bicyclic) bond motifs is 3. The van der Waals surface area contributed by atoms with Gasteiger partial charge in [0.05, 0.1) is 42.9 Å². The molecule has 0 amide bonds. The zero-order valence-corrected chi connectivity index (χ0v) is 23.8. The van der Waals surface area contributed by atoms with Crippen molar-refractivity contribution in [3.8, 4) is 28.8 Å². The van der Waals surface area contributed by atoms with Gasteiger partial charge in [0.2, 0.25) is 5.88 Å². The summed E-state index contributed by atoms with van der Waals surface area (Å²) in [7, 11) is -1.43. The molecule has 2 bridgehead atoms. The number of ether oxygens (including phenoxy) is 2. The zero-order valence-electron chi connectivity index (χ0n) is 23.0. The fourth-order valence-electron chi connectivity index (χ4n) is 5.69. The molecular weight excluding hydrogens is 542 g/mol. The summed E-state index contributed by atoms with van der Waals surface area (Å²) in [5, 5.41) is 14.0. The Morgan fingerprint density at radius 1 is 1.10 bits per heavy atom. The van der Waals surface area contributed by atoms with Gasteiger partial charge in [-0.1, -0.05) is 6.07 Å². The number of rotatable bonds is 10. The number of nitrogens with zero attached hydrogens (tertiary/aromatic N) is 7. The average Bonchev–Trinajstić information content (AvgIpc) is 3.41. The number of anilines is 1. The fourth-order valence-corrected chi connectivity index (χ4v) is 6.33. The van der Waals surface area contributed by atoms with Crippen LogP contribution in [0.4, 0.5) is 5.82 Å². The Balaban J connectivity index is 1.16. The van der Waals surface area contributed by atoms with Gasteiger partial charge in [0.25, 0.3) is 0 Å². The molecule has 212 valence electrons. The Morgan fingerprint density at radius 2 is 1.93 bits per heavy atom. The number of hydrogen-bond acceptors (Lipinski definition) is 10. The second-order valence-electron chi connectivity index (χ2n) is 10.6. The Morgan fingerprint density at radius 3 is 2.59 bits per heavy atom. The summed E-state index contributed by atoms with van der Waals surface area (Å²) in [4.78, 5) is 14.0. The van der Waals surface area contributed by atoms with Crippen LogP contribution in [0.5, 0.6) is 11.6 Å². The Hall–Kier alpha value is -4.21. The molecule has 3 fully saturated rings. The maximum atomic E-state index is 11.4. The summed E-state index contributed by atoms with van der Waals surface area (Å²) in [5.74, 6) is 2.15. The van der Waals surface area contributed by atoms with Gasteiger partial charge in [0.15, 0.2) is 0 Å². The monoisotopic (exact) mass is 573 g/mol. The summed E-state index contributed by atoms with van der Waals surface area (Å²) < 4.78 is 35.5. The van der Waals surface area contributed by atoms with E-state index in [0.29, 0.717) is 41.2 Å². The van der Waals surface area contributed by atoms with Crippen molar-refractivity contribution in [1.82, 2.24) is 24.5 Å². The highest BCUT2D eigenvalue weighted by atomic mass is 32.2. The van der Waals surface area contributed by atoms with E-state index in [1.807, 2.05) is 36.7 Å². The van der Waals surface area contributed by atoms with Gasteiger partial charge in [-0.15, -0.1) is 0 Å². The molecule has 7 rings (SSSR count). The Bertz CT molecular complexity index is 1690. The van der Waals surface area contributed by atoms with Crippen LogP contribution in [0.15, 0.2) is 55.1 Å². The second-order valence-corrected chi connectivity index (χ2v) is 12.9. The number of hydrogen-bond donors (Lipinski definition) is 0. The van der Waals surface area contributed by atoms with Crippen LogP contribution in [0.3, 0.4) is 0 Å². The third-order valence-corrected chi connectivity index (χ3v) is 8.76. The molecule has 41 heavy (non-hydrogen) atoms. The van der Waals surface area contributed by atoms with E-state index in [1.54, 1.807) is 17.8 Å². The molecule has 11 nitrogen and oxygen atoms in total. The van der Waals surface area contributed by atoms with Gasteiger partial charge in [-0.2, -0.15) is 10.4 Å². The van der Waals surface area contributed by atoms with Gasteiger partial charge in [-0.3, -0.25) is 4.90 Å². The standard InChI is InChI=1S/C29H31N7O4S/c1-39-28-7-4-20(13-32-28)16-35-23-10-24(35)18-34(17-23)27-6-5-21(14-31-27)26-11-25(40-8-3-9-41(2,37)38)19-36-29(26)22(12-30)15-33-36/h4-7,11,13-15,19,23-24H,3,8-10,16-18H2,1-2H3.